The van der Waals surface area contributed by atoms with E-state index < -0.39 is 29.4 Å². The summed E-state index contributed by atoms with van der Waals surface area (Å²) in [4.78, 5) is 51.7. The van der Waals surface area contributed by atoms with E-state index in [0.29, 0.717) is 19.4 Å². The highest BCUT2D eigenvalue weighted by molar-refractivity contribution is 5.86. The summed E-state index contributed by atoms with van der Waals surface area (Å²) in [6.45, 7) is 13.1. The Bertz CT molecular complexity index is 729. The number of ether oxygens (including phenoxy) is 2. The number of nitrogens with zero attached hydrogens (tertiary/aromatic N) is 1. The van der Waals surface area contributed by atoms with Crippen molar-refractivity contribution in [3.8, 4) is 0 Å². The first-order valence-corrected chi connectivity index (χ1v) is 11.8. The van der Waals surface area contributed by atoms with Crippen LogP contribution in [0.25, 0.3) is 0 Å². The lowest BCUT2D eigenvalue weighted by Crippen LogP contribution is -2.43. The molecule has 192 valence electrons. The van der Waals surface area contributed by atoms with Gasteiger partial charge in [0.25, 0.3) is 0 Å². The molecule has 2 N–H and O–H groups in total. The fourth-order valence-electron chi connectivity index (χ4n) is 3.84. The van der Waals surface area contributed by atoms with Crippen LogP contribution in [0.1, 0.15) is 59.3 Å². The summed E-state index contributed by atoms with van der Waals surface area (Å²) >= 11 is 0. The molecule has 1 heterocycles. The fourth-order valence-corrected chi connectivity index (χ4v) is 3.84. The van der Waals surface area contributed by atoms with Crippen molar-refractivity contribution in [2.24, 2.45) is 11.8 Å². The molecule has 9 heteroatoms. The minimum Gasteiger partial charge on any atom is -0.463 e. The average Bonchev–Trinajstić information content (AvgIpc) is 3.22. The molecule has 0 unspecified atom stereocenters. The zero-order valence-electron chi connectivity index (χ0n) is 20.7. The van der Waals surface area contributed by atoms with Gasteiger partial charge in [-0.1, -0.05) is 12.2 Å². The Morgan fingerprint density at radius 3 is 2.35 bits per heavy atom. The van der Waals surface area contributed by atoms with Crippen LogP contribution in [0.15, 0.2) is 25.3 Å². The number of aliphatic hydroxyl groups excluding tert-OH is 1. The number of hydrogen-bond donors (Lipinski definition) is 2. The first kappa shape index (κ1) is 29.4. The van der Waals surface area contributed by atoms with E-state index in [-0.39, 0.29) is 56.9 Å². The van der Waals surface area contributed by atoms with Gasteiger partial charge >= 0.3 is 11.9 Å². The van der Waals surface area contributed by atoms with Crippen molar-refractivity contribution in [1.82, 2.24) is 10.2 Å². The van der Waals surface area contributed by atoms with Gasteiger partial charge in [-0.05, 0) is 46.5 Å². The Morgan fingerprint density at radius 1 is 1.12 bits per heavy atom. The maximum Gasteiger partial charge on any atom is 0.309 e. The number of allylic oxidation sites excluding steroid dienone is 2. The molecule has 1 aliphatic heterocycles. The van der Waals surface area contributed by atoms with Gasteiger partial charge in [-0.15, -0.1) is 13.2 Å². The Kier molecular flexibility index (Phi) is 12.6. The third kappa shape index (κ3) is 10.5. The van der Waals surface area contributed by atoms with Crippen LogP contribution in [0.4, 0.5) is 0 Å². The second-order valence-corrected chi connectivity index (χ2v) is 9.47. The lowest BCUT2D eigenvalue weighted by molar-refractivity contribution is -0.162. The molecule has 0 bridgehead atoms. The summed E-state index contributed by atoms with van der Waals surface area (Å²) in [5, 5.41) is 11.4. The molecular weight excluding hydrogens is 440 g/mol. The van der Waals surface area contributed by atoms with Gasteiger partial charge in [-0.2, -0.15) is 0 Å². The molecule has 0 aliphatic carbocycles. The zero-order chi connectivity index (χ0) is 25.7. The number of likely N-dealkylation sites (tertiary alicyclic amines) is 1. The molecule has 0 aromatic heterocycles. The molecule has 1 aliphatic rings. The van der Waals surface area contributed by atoms with Crippen LogP contribution in [0.2, 0.25) is 0 Å². The molecule has 3 atom stereocenters. The lowest BCUT2D eigenvalue weighted by Gasteiger charge is -2.28. The van der Waals surface area contributed by atoms with Crippen LogP contribution < -0.4 is 5.32 Å². The van der Waals surface area contributed by atoms with Gasteiger partial charge in [-0.3, -0.25) is 19.2 Å². The topological polar surface area (TPSA) is 122 Å². The second kappa shape index (κ2) is 14.6. The highest BCUT2D eigenvalue weighted by Gasteiger charge is 2.35. The zero-order valence-corrected chi connectivity index (χ0v) is 20.7. The SMILES string of the molecule is C=CC[C@H](CC(=O)OC(C)(C)C)C(=O)OC[C@H]1CCCN1C(=O)[C@H](CC=C)CC(=O)NCCO. The third-order valence-corrected chi connectivity index (χ3v) is 5.36. The molecular formula is C25H40N2O7. The third-order valence-electron chi connectivity index (χ3n) is 5.36. The average molecular weight is 481 g/mol. The Labute approximate surface area is 202 Å². The Morgan fingerprint density at radius 2 is 1.76 bits per heavy atom. The van der Waals surface area contributed by atoms with Crippen molar-refractivity contribution < 1.29 is 33.8 Å². The quantitative estimate of drug-likeness (QED) is 0.288. The molecule has 0 aromatic carbocycles. The smallest absolute Gasteiger partial charge is 0.309 e. The van der Waals surface area contributed by atoms with Crippen molar-refractivity contribution in [1.29, 1.82) is 0 Å². The van der Waals surface area contributed by atoms with Crippen molar-refractivity contribution in [3.63, 3.8) is 0 Å². The first-order chi connectivity index (χ1) is 16.0. The van der Waals surface area contributed by atoms with E-state index in [9.17, 15) is 19.2 Å². The minimum atomic E-state index is -0.707. The Hall–Kier alpha value is -2.68. The van der Waals surface area contributed by atoms with E-state index >= 15 is 0 Å². The minimum absolute atomic E-state index is 0.00877. The van der Waals surface area contributed by atoms with Gasteiger partial charge < -0.3 is 24.8 Å². The summed E-state index contributed by atoms with van der Waals surface area (Å²) < 4.78 is 10.8. The molecule has 2 amide bonds. The second-order valence-electron chi connectivity index (χ2n) is 9.47. The largest absolute Gasteiger partial charge is 0.463 e. The van der Waals surface area contributed by atoms with Gasteiger partial charge in [0.1, 0.15) is 12.2 Å². The number of amides is 2. The van der Waals surface area contributed by atoms with Crippen molar-refractivity contribution in [3.05, 3.63) is 25.3 Å². The molecule has 9 nitrogen and oxygen atoms in total. The summed E-state index contributed by atoms with van der Waals surface area (Å²) in [5.74, 6) is -2.80. The van der Waals surface area contributed by atoms with Crippen LogP contribution in [0.3, 0.4) is 0 Å². The summed E-state index contributed by atoms with van der Waals surface area (Å²) in [7, 11) is 0. The van der Waals surface area contributed by atoms with E-state index in [2.05, 4.69) is 18.5 Å². The molecule has 1 fully saturated rings. The number of hydrogen-bond acceptors (Lipinski definition) is 7. The maximum absolute atomic E-state index is 13.1. The normalized spacial score (nSPS) is 17.4. The van der Waals surface area contributed by atoms with Crippen LogP contribution in [0.5, 0.6) is 0 Å². The maximum atomic E-state index is 13.1. The number of aliphatic hydroxyl groups is 1. The fraction of sp³-hybridized carbons (Fsp3) is 0.680. The van der Waals surface area contributed by atoms with Gasteiger partial charge in [-0.25, -0.2) is 0 Å². The van der Waals surface area contributed by atoms with Crippen LogP contribution in [0, 0.1) is 11.8 Å². The predicted molar refractivity (Wildman–Crippen MR) is 127 cm³/mol. The predicted octanol–water partition coefficient (Wildman–Crippen LogP) is 2.14. The van der Waals surface area contributed by atoms with Crippen LogP contribution in [-0.4, -0.2) is 71.7 Å². The van der Waals surface area contributed by atoms with Crippen molar-refractivity contribution >= 4 is 23.8 Å². The molecule has 1 rings (SSSR count). The molecule has 1 saturated heterocycles. The monoisotopic (exact) mass is 480 g/mol. The summed E-state index contributed by atoms with van der Waals surface area (Å²) in [6, 6.07) is -0.296. The molecule has 0 spiro atoms. The number of carbonyl (C=O) groups is 4. The molecule has 0 radical (unpaired) electrons. The van der Waals surface area contributed by atoms with Gasteiger partial charge in [0.2, 0.25) is 11.8 Å². The number of rotatable bonds is 14. The molecule has 34 heavy (non-hydrogen) atoms. The van der Waals surface area contributed by atoms with E-state index in [1.165, 1.54) is 0 Å². The van der Waals surface area contributed by atoms with Crippen LogP contribution >= 0.6 is 0 Å². The summed E-state index contributed by atoms with van der Waals surface area (Å²) in [5.41, 5.74) is -0.651. The van der Waals surface area contributed by atoms with E-state index in [1.54, 1.807) is 37.8 Å². The van der Waals surface area contributed by atoms with Crippen molar-refractivity contribution in [2.45, 2.75) is 70.9 Å². The molecule has 0 aromatic rings. The van der Waals surface area contributed by atoms with Gasteiger partial charge in [0.05, 0.1) is 30.9 Å². The Balaban J connectivity index is 2.74. The highest BCUT2D eigenvalue weighted by Crippen LogP contribution is 2.24. The van der Waals surface area contributed by atoms with E-state index in [1.807, 2.05) is 0 Å². The first-order valence-electron chi connectivity index (χ1n) is 11.8. The standard InChI is InChI=1S/C25H40N2O7/c1-6-9-18(15-21(29)26-12-14-28)23(31)27-13-8-11-20(27)17-33-24(32)19(10-7-2)16-22(30)34-25(3,4)5/h6-7,18-20,28H,1-2,8-17H2,3-5H3,(H,26,29)/t18-,19-,20-/m1/s1. The van der Waals surface area contributed by atoms with Gasteiger partial charge in [0.15, 0.2) is 0 Å². The highest BCUT2D eigenvalue weighted by atomic mass is 16.6. The van der Waals surface area contributed by atoms with Gasteiger partial charge in [0, 0.05) is 19.5 Å². The number of nitrogens with one attached hydrogen (secondary N) is 1. The summed E-state index contributed by atoms with van der Waals surface area (Å²) in [6.07, 6.45) is 5.09. The van der Waals surface area contributed by atoms with E-state index in [4.69, 9.17) is 14.6 Å². The van der Waals surface area contributed by atoms with E-state index in [0.717, 1.165) is 6.42 Å². The lowest BCUT2D eigenvalue weighted by atomic mass is 9.98. The number of carbonyl (C=O) groups excluding carboxylic acids is 4. The van der Waals surface area contributed by atoms with Crippen molar-refractivity contribution in [2.75, 3.05) is 26.3 Å². The van der Waals surface area contributed by atoms with Crippen LogP contribution in [-0.2, 0) is 28.7 Å². The number of esters is 2. The molecule has 0 saturated carbocycles.